The van der Waals surface area contributed by atoms with Crippen LogP contribution in [-0.4, -0.2) is 9.71 Å². The minimum atomic E-state index is -1.19. The highest BCUT2D eigenvalue weighted by Crippen LogP contribution is 2.44. The van der Waals surface area contributed by atoms with E-state index in [0.717, 1.165) is 5.56 Å². The summed E-state index contributed by atoms with van der Waals surface area (Å²) in [5.41, 5.74) is 1.48. The van der Waals surface area contributed by atoms with Crippen molar-refractivity contribution in [2.45, 2.75) is 9.71 Å². The van der Waals surface area contributed by atoms with E-state index in [4.69, 9.17) is 58.0 Å². The standard InChI is InChI=1S/C12H7Cl5/c13-9-4-2-1-3-7(9)8-6-12(16,17)11(15)5-10(8)14/h1-6,11H. The first-order valence-corrected chi connectivity index (χ1v) is 6.74. The fourth-order valence-corrected chi connectivity index (χ4v) is 2.67. The molecule has 1 aromatic carbocycles. The van der Waals surface area contributed by atoms with Gasteiger partial charge in [0.05, 0.1) is 5.38 Å². The largest absolute Gasteiger partial charge is 0.157 e. The molecule has 2 rings (SSSR count). The van der Waals surface area contributed by atoms with E-state index < -0.39 is 9.71 Å². The summed E-state index contributed by atoms with van der Waals surface area (Å²) in [6.45, 7) is 0. The Morgan fingerprint density at radius 1 is 1.06 bits per heavy atom. The molecule has 0 aromatic heterocycles. The van der Waals surface area contributed by atoms with Crippen LogP contribution in [0.2, 0.25) is 5.02 Å². The maximum atomic E-state index is 6.14. The normalized spacial score (nSPS) is 23.0. The fourth-order valence-electron chi connectivity index (χ4n) is 1.56. The molecule has 5 heteroatoms. The van der Waals surface area contributed by atoms with Crippen LogP contribution in [-0.2, 0) is 0 Å². The molecule has 1 aliphatic carbocycles. The van der Waals surface area contributed by atoms with Gasteiger partial charge in [0.15, 0.2) is 4.33 Å². The highest BCUT2D eigenvalue weighted by Gasteiger charge is 2.35. The van der Waals surface area contributed by atoms with E-state index in [1.165, 1.54) is 0 Å². The summed E-state index contributed by atoms with van der Waals surface area (Å²) in [4.78, 5) is 0. The number of benzene rings is 1. The third-order valence-corrected chi connectivity index (χ3v) is 4.46. The third-order valence-electron chi connectivity index (χ3n) is 2.42. The summed E-state index contributed by atoms with van der Waals surface area (Å²) >= 11 is 30.4. The van der Waals surface area contributed by atoms with Crippen LogP contribution in [0.15, 0.2) is 41.4 Å². The molecule has 1 unspecified atom stereocenters. The van der Waals surface area contributed by atoms with Gasteiger partial charge >= 0.3 is 0 Å². The second-order valence-electron chi connectivity index (χ2n) is 3.63. The molecule has 1 aromatic rings. The van der Waals surface area contributed by atoms with Crippen molar-refractivity contribution in [1.29, 1.82) is 0 Å². The monoisotopic (exact) mass is 326 g/mol. The first kappa shape index (κ1) is 13.6. The topological polar surface area (TPSA) is 0 Å². The quantitative estimate of drug-likeness (QED) is 0.585. The summed E-state index contributed by atoms with van der Waals surface area (Å²) in [5, 5.41) is 0.516. The van der Waals surface area contributed by atoms with Gasteiger partial charge in [-0.2, -0.15) is 0 Å². The molecule has 0 heterocycles. The lowest BCUT2D eigenvalue weighted by molar-refractivity contribution is 0.970. The zero-order valence-electron chi connectivity index (χ0n) is 8.43. The Bertz CT molecular complexity index is 501. The predicted molar refractivity (Wildman–Crippen MR) is 77.4 cm³/mol. The molecule has 0 saturated carbocycles. The van der Waals surface area contributed by atoms with Crippen LogP contribution in [0.5, 0.6) is 0 Å². The van der Waals surface area contributed by atoms with Crippen molar-refractivity contribution in [2.24, 2.45) is 0 Å². The summed E-state index contributed by atoms with van der Waals surface area (Å²) in [6, 6.07) is 7.33. The van der Waals surface area contributed by atoms with Gasteiger partial charge in [-0.1, -0.05) is 64.6 Å². The van der Waals surface area contributed by atoms with E-state index in [1.54, 1.807) is 18.2 Å². The molecule has 1 aliphatic rings. The molecule has 0 amide bonds. The molecular formula is C12H7Cl5. The van der Waals surface area contributed by atoms with Gasteiger partial charge in [0.25, 0.3) is 0 Å². The van der Waals surface area contributed by atoms with Crippen LogP contribution >= 0.6 is 58.0 Å². The highest BCUT2D eigenvalue weighted by atomic mass is 35.5. The third kappa shape index (κ3) is 2.77. The minimum absolute atomic E-state index is 0.495. The molecule has 0 N–H and O–H groups in total. The van der Waals surface area contributed by atoms with Gasteiger partial charge in [-0.15, -0.1) is 11.6 Å². The molecule has 1 atom stereocenters. The first-order chi connectivity index (χ1) is 7.92. The molecular weight excluding hydrogens is 321 g/mol. The Kier molecular flexibility index (Phi) is 4.02. The summed E-state index contributed by atoms with van der Waals surface area (Å²) in [6.07, 6.45) is 3.24. The zero-order chi connectivity index (χ0) is 12.6. The molecule has 0 saturated heterocycles. The van der Waals surface area contributed by atoms with E-state index in [1.807, 2.05) is 18.2 Å². The Hall–Kier alpha value is 0.150. The zero-order valence-corrected chi connectivity index (χ0v) is 12.2. The number of hydrogen-bond acceptors (Lipinski definition) is 0. The van der Waals surface area contributed by atoms with Crippen molar-refractivity contribution in [2.75, 3.05) is 0 Å². The first-order valence-electron chi connectivity index (χ1n) is 4.79. The second-order valence-corrected chi connectivity index (χ2v) is 6.36. The van der Waals surface area contributed by atoms with E-state index in [-0.39, 0.29) is 0 Å². The van der Waals surface area contributed by atoms with Crippen molar-refractivity contribution in [1.82, 2.24) is 0 Å². The van der Waals surface area contributed by atoms with E-state index in [2.05, 4.69) is 0 Å². The van der Waals surface area contributed by atoms with Crippen molar-refractivity contribution in [3.05, 3.63) is 52.0 Å². The number of rotatable bonds is 1. The van der Waals surface area contributed by atoms with Crippen LogP contribution < -0.4 is 0 Å². The van der Waals surface area contributed by atoms with Gasteiger partial charge in [0, 0.05) is 21.2 Å². The Morgan fingerprint density at radius 2 is 1.71 bits per heavy atom. The lowest BCUT2D eigenvalue weighted by atomic mass is 9.98. The Labute approximate surface area is 125 Å². The maximum absolute atomic E-state index is 6.14. The van der Waals surface area contributed by atoms with Gasteiger partial charge < -0.3 is 0 Å². The second kappa shape index (κ2) is 5.03. The van der Waals surface area contributed by atoms with Crippen LogP contribution in [0.25, 0.3) is 5.57 Å². The van der Waals surface area contributed by atoms with Crippen molar-refractivity contribution in [3.63, 3.8) is 0 Å². The van der Waals surface area contributed by atoms with Crippen molar-refractivity contribution in [3.8, 4) is 0 Å². The number of hydrogen-bond donors (Lipinski definition) is 0. The number of halogens is 5. The van der Waals surface area contributed by atoms with E-state index >= 15 is 0 Å². The molecule has 0 radical (unpaired) electrons. The molecule has 0 fully saturated rings. The molecule has 0 spiro atoms. The van der Waals surface area contributed by atoms with Crippen LogP contribution in [0.4, 0.5) is 0 Å². The highest BCUT2D eigenvalue weighted by molar-refractivity contribution is 6.55. The lowest BCUT2D eigenvalue weighted by Gasteiger charge is -2.26. The maximum Gasteiger partial charge on any atom is 0.157 e. The summed E-state index contributed by atoms with van der Waals surface area (Å²) < 4.78 is -1.19. The molecule has 0 nitrogen and oxygen atoms in total. The molecule has 90 valence electrons. The summed E-state index contributed by atoms with van der Waals surface area (Å²) in [5.74, 6) is 0. The molecule has 0 bridgehead atoms. The predicted octanol–water partition coefficient (Wildman–Crippen LogP) is 5.64. The lowest BCUT2D eigenvalue weighted by Crippen LogP contribution is -2.25. The van der Waals surface area contributed by atoms with Gasteiger partial charge in [-0.3, -0.25) is 0 Å². The smallest absolute Gasteiger partial charge is 0.115 e. The van der Waals surface area contributed by atoms with Crippen molar-refractivity contribution < 1.29 is 0 Å². The minimum Gasteiger partial charge on any atom is -0.115 e. The molecule has 0 aliphatic heterocycles. The van der Waals surface area contributed by atoms with Crippen LogP contribution in [0.3, 0.4) is 0 Å². The average Bonchev–Trinajstić information content (AvgIpc) is 2.25. The molecule has 17 heavy (non-hydrogen) atoms. The summed E-state index contributed by atoms with van der Waals surface area (Å²) in [7, 11) is 0. The van der Waals surface area contributed by atoms with E-state index in [0.29, 0.717) is 15.6 Å². The SMILES string of the molecule is ClC1=CC(Cl)C(Cl)(Cl)C=C1c1ccccc1Cl. The van der Waals surface area contributed by atoms with Crippen LogP contribution in [0.1, 0.15) is 5.56 Å². The number of allylic oxidation sites excluding steroid dienone is 4. The van der Waals surface area contributed by atoms with Gasteiger partial charge in [-0.25, -0.2) is 0 Å². The van der Waals surface area contributed by atoms with Gasteiger partial charge in [0.1, 0.15) is 0 Å². The Morgan fingerprint density at radius 3 is 2.35 bits per heavy atom. The Balaban J connectivity index is 2.53. The van der Waals surface area contributed by atoms with Gasteiger partial charge in [-0.05, 0) is 18.2 Å². The fraction of sp³-hybridized carbons (Fsp3) is 0.167. The van der Waals surface area contributed by atoms with E-state index in [9.17, 15) is 0 Å². The van der Waals surface area contributed by atoms with Crippen LogP contribution in [0, 0.1) is 0 Å². The van der Waals surface area contributed by atoms with Crippen molar-refractivity contribution >= 4 is 63.6 Å². The van der Waals surface area contributed by atoms with Gasteiger partial charge in [0.2, 0.25) is 0 Å². The average molecular weight is 328 g/mol. The number of alkyl halides is 3.